The van der Waals surface area contributed by atoms with E-state index in [1.165, 1.54) is 0 Å². The number of hydrogen-bond donors (Lipinski definition) is 2. The molecule has 0 unspecified atom stereocenters. The van der Waals surface area contributed by atoms with Crippen molar-refractivity contribution in [1.82, 2.24) is 10.6 Å². The Bertz CT molecular complexity index is 561. The number of nitrogens with zero attached hydrogens (tertiary/aromatic N) is 1. The molecule has 2 saturated heterocycles. The third-order valence-corrected chi connectivity index (χ3v) is 5.26. The number of carbonyl (C=O) groups is 1. The predicted molar refractivity (Wildman–Crippen MR) is 104 cm³/mol. The van der Waals surface area contributed by atoms with Crippen LogP contribution in [0.25, 0.3) is 0 Å². The van der Waals surface area contributed by atoms with Crippen molar-refractivity contribution in [2.75, 3.05) is 31.6 Å². The summed E-state index contributed by atoms with van der Waals surface area (Å²) in [6, 6.07) is 8.89. The van der Waals surface area contributed by atoms with Crippen molar-refractivity contribution in [2.24, 2.45) is 5.92 Å². The molecule has 25 heavy (non-hydrogen) atoms. The molecule has 2 aliphatic rings. The van der Waals surface area contributed by atoms with Gasteiger partial charge in [0.15, 0.2) is 0 Å². The molecule has 0 saturated carbocycles. The van der Waals surface area contributed by atoms with Crippen LogP contribution < -0.4 is 20.3 Å². The zero-order valence-corrected chi connectivity index (χ0v) is 16.0. The largest absolute Gasteiger partial charge is 0.495 e. The Labute approximate surface area is 156 Å². The Hall–Kier alpha value is -1.46. The summed E-state index contributed by atoms with van der Waals surface area (Å²) in [5, 5.41) is 6.69. The second-order valence-electron chi connectivity index (χ2n) is 7.02. The lowest BCUT2D eigenvalue weighted by Crippen LogP contribution is -2.48. The lowest BCUT2D eigenvalue weighted by Gasteiger charge is -2.35. The van der Waals surface area contributed by atoms with Crippen LogP contribution >= 0.6 is 12.4 Å². The fourth-order valence-electron chi connectivity index (χ4n) is 3.84. The van der Waals surface area contributed by atoms with Gasteiger partial charge in [0, 0.05) is 31.1 Å². The molecule has 2 N–H and O–H groups in total. The second-order valence-corrected chi connectivity index (χ2v) is 7.02. The highest BCUT2D eigenvalue weighted by atomic mass is 35.5. The molecule has 6 heteroatoms. The summed E-state index contributed by atoms with van der Waals surface area (Å²) in [5.74, 6) is 1.34. The van der Waals surface area contributed by atoms with E-state index >= 15 is 0 Å². The summed E-state index contributed by atoms with van der Waals surface area (Å²) in [6.07, 6.45) is 3.89. The minimum atomic E-state index is 0. The van der Waals surface area contributed by atoms with Crippen molar-refractivity contribution in [3.8, 4) is 5.75 Å². The van der Waals surface area contributed by atoms with Crippen molar-refractivity contribution >= 4 is 24.0 Å². The van der Waals surface area contributed by atoms with Crippen LogP contribution in [-0.2, 0) is 4.79 Å². The quantitative estimate of drug-likeness (QED) is 0.858. The molecule has 0 aromatic heterocycles. The van der Waals surface area contributed by atoms with Gasteiger partial charge in [0.2, 0.25) is 5.91 Å². The number of ether oxygens (including phenoxy) is 1. The number of anilines is 1. The van der Waals surface area contributed by atoms with E-state index in [2.05, 4.69) is 28.5 Å². The zero-order chi connectivity index (χ0) is 16.9. The Morgan fingerprint density at radius 1 is 1.24 bits per heavy atom. The van der Waals surface area contributed by atoms with Gasteiger partial charge in [-0.2, -0.15) is 0 Å². The van der Waals surface area contributed by atoms with Crippen molar-refractivity contribution in [2.45, 2.75) is 44.7 Å². The van der Waals surface area contributed by atoms with Crippen LogP contribution in [0.3, 0.4) is 0 Å². The summed E-state index contributed by atoms with van der Waals surface area (Å²) < 4.78 is 5.46. The molecule has 2 atom stereocenters. The van der Waals surface area contributed by atoms with Crippen LogP contribution in [0.1, 0.15) is 32.6 Å². The first-order valence-electron chi connectivity index (χ1n) is 9.09. The number of rotatable bonds is 4. The predicted octanol–water partition coefficient (Wildman–Crippen LogP) is 2.59. The summed E-state index contributed by atoms with van der Waals surface area (Å²) in [5.41, 5.74) is 1.15. The third-order valence-electron chi connectivity index (χ3n) is 5.26. The summed E-state index contributed by atoms with van der Waals surface area (Å²) in [7, 11) is 1.71. The first-order valence-corrected chi connectivity index (χ1v) is 9.09. The van der Waals surface area contributed by atoms with E-state index in [1.54, 1.807) is 7.11 Å². The van der Waals surface area contributed by atoms with Gasteiger partial charge >= 0.3 is 0 Å². The lowest BCUT2D eigenvalue weighted by atomic mass is 9.91. The van der Waals surface area contributed by atoms with Crippen molar-refractivity contribution in [1.29, 1.82) is 0 Å². The molecule has 1 aromatic rings. The Kier molecular flexibility index (Phi) is 7.38. The smallest absolute Gasteiger partial charge is 0.223 e. The van der Waals surface area contributed by atoms with Gasteiger partial charge in [-0.05, 0) is 51.3 Å². The Balaban J connectivity index is 0.00000225. The SMILES string of the molecule is COc1ccccc1N1CCC(NC(=O)[C@H]2CCN[C@@H](C)C2)CC1.Cl. The summed E-state index contributed by atoms with van der Waals surface area (Å²) in [4.78, 5) is 14.8. The van der Waals surface area contributed by atoms with Gasteiger partial charge in [-0.15, -0.1) is 12.4 Å². The van der Waals surface area contributed by atoms with E-state index in [1.807, 2.05) is 18.2 Å². The maximum atomic E-state index is 12.5. The van der Waals surface area contributed by atoms with Crippen LogP contribution in [0.2, 0.25) is 0 Å². The van der Waals surface area contributed by atoms with Crippen LogP contribution in [0.15, 0.2) is 24.3 Å². The van der Waals surface area contributed by atoms with Crippen molar-refractivity contribution < 1.29 is 9.53 Å². The summed E-state index contributed by atoms with van der Waals surface area (Å²) in [6.45, 7) is 5.01. The number of piperidine rings is 2. The van der Waals surface area contributed by atoms with E-state index in [0.29, 0.717) is 12.1 Å². The van der Waals surface area contributed by atoms with Gasteiger partial charge in [-0.1, -0.05) is 12.1 Å². The van der Waals surface area contributed by atoms with Crippen LogP contribution in [-0.4, -0.2) is 44.7 Å². The van der Waals surface area contributed by atoms with E-state index in [0.717, 1.165) is 56.8 Å². The van der Waals surface area contributed by atoms with Crippen LogP contribution in [0.4, 0.5) is 5.69 Å². The molecule has 0 radical (unpaired) electrons. The molecule has 5 nitrogen and oxygen atoms in total. The van der Waals surface area contributed by atoms with Gasteiger partial charge in [0.1, 0.15) is 5.75 Å². The fourth-order valence-corrected chi connectivity index (χ4v) is 3.84. The summed E-state index contributed by atoms with van der Waals surface area (Å²) >= 11 is 0. The normalized spacial score (nSPS) is 24.3. The Morgan fingerprint density at radius 3 is 2.64 bits per heavy atom. The molecule has 2 aliphatic heterocycles. The number of hydrogen-bond acceptors (Lipinski definition) is 4. The fraction of sp³-hybridized carbons (Fsp3) is 0.632. The van der Waals surface area contributed by atoms with Crippen molar-refractivity contribution in [3.63, 3.8) is 0 Å². The van der Waals surface area contributed by atoms with Gasteiger partial charge in [-0.25, -0.2) is 0 Å². The molecule has 0 spiro atoms. The molecule has 0 bridgehead atoms. The average molecular weight is 368 g/mol. The van der Waals surface area contributed by atoms with E-state index in [9.17, 15) is 4.79 Å². The third kappa shape index (κ3) is 5.02. The molecule has 2 heterocycles. The molecular weight excluding hydrogens is 338 g/mol. The molecule has 140 valence electrons. The number of para-hydroxylation sites is 2. The molecular formula is C19H30ClN3O2. The minimum absolute atomic E-state index is 0. The number of benzene rings is 1. The maximum absolute atomic E-state index is 12.5. The Morgan fingerprint density at radius 2 is 1.96 bits per heavy atom. The molecule has 1 aromatic carbocycles. The van der Waals surface area contributed by atoms with Gasteiger partial charge in [-0.3, -0.25) is 4.79 Å². The van der Waals surface area contributed by atoms with Crippen molar-refractivity contribution in [3.05, 3.63) is 24.3 Å². The number of nitrogens with one attached hydrogen (secondary N) is 2. The molecule has 0 aliphatic carbocycles. The molecule has 3 rings (SSSR count). The van der Waals surface area contributed by atoms with E-state index < -0.39 is 0 Å². The van der Waals surface area contributed by atoms with Gasteiger partial charge in [0.05, 0.1) is 12.8 Å². The van der Waals surface area contributed by atoms with Crippen LogP contribution in [0, 0.1) is 5.92 Å². The minimum Gasteiger partial charge on any atom is -0.495 e. The first-order chi connectivity index (χ1) is 11.7. The number of methoxy groups -OCH3 is 1. The zero-order valence-electron chi connectivity index (χ0n) is 15.2. The lowest BCUT2D eigenvalue weighted by molar-refractivity contribution is -0.126. The number of amides is 1. The molecule has 1 amide bonds. The average Bonchev–Trinajstić information content (AvgIpc) is 2.62. The highest BCUT2D eigenvalue weighted by Crippen LogP contribution is 2.30. The van der Waals surface area contributed by atoms with E-state index in [4.69, 9.17) is 4.74 Å². The highest BCUT2D eigenvalue weighted by molar-refractivity contribution is 5.85. The van der Waals surface area contributed by atoms with Gasteiger partial charge in [0.25, 0.3) is 0 Å². The highest BCUT2D eigenvalue weighted by Gasteiger charge is 2.28. The molecule has 2 fully saturated rings. The maximum Gasteiger partial charge on any atom is 0.223 e. The topological polar surface area (TPSA) is 53.6 Å². The van der Waals surface area contributed by atoms with E-state index in [-0.39, 0.29) is 24.2 Å². The first kappa shape index (κ1) is 19.9. The monoisotopic (exact) mass is 367 g/mol. The van der Waals surface area contributed by atoms with Gasteiger partial charge < -0.3 is 20.3 Å². The number of carbonyl (C=O) groups excluding carboxylic acids is 1. The standard InChI is InChI=1S/C19H29N3O2.ClH/c1-14-13-15(7-10-20-14)19(23)21-16-8-11-22(12-9-16)17-5-3-4-6-18(17)24-2;/h3-6,14-16,20H,7-13H2,1-2H3,(H,21,23);1H/t14-,15-;/m0./s1. The van der Waals surface area contributed by atoms with Crippen LogP contribution in [0.5, 0.6) is 5.75 Å². The second kappa shape index (κ2) is 9.30. The number of halogens is 1.